The molecule has 6 heteroatoms. The summed E-state index contributed by atoms with van der Waals surface area (Å²) < 4.78 is 16.6. The van der Waals surface area contributed by atoms with E-state index in [0.717, 1.165) is 5.56 Å². The van der Waals surface area contributed by atoms with Crippen LogP contribution in [0, 0.1) is 0 Å². The van der Waals surface area contributed by atoms with E-state index in [9.17, 15) is 0 Å². The van der Waals surface area contributed by atoms with Crippen LogP contribution in [0.25, 0.3) is 0 Å². The molecule has 0 saturated carbocycles. The Labute approximate surface area is 129 Å². The van der Waals surface area contributed by atoms with Crippen molar-refractivity contribution in [3.8, 4) is 11.5 Å². The molecule has 1 atom stereocenters. The Hall–Kier alpha value is -0.840. The molecule has 1 aromatic heterocycles. The van der Waals surface area contributed by atoms with Crippen molar-refractivity contribution in [3.63, 3.8) is 0 Å². The smallest absolute Gasteiger partial charge is 0.193 e. The van der Waals surface area contributed by atoms with Crippen LogP contribution < -0.4 is 9.47 Å². The number of rotatable bonds is 4. The molecule has 0 aliphatic heterocycles. The Kier molecular flexibility index (Phi) is 4.66. The quantitative estimate of drug-likeness (QED) is 0.711. The van der Waals surface area contributed by atoms with Crippen molar-refractivity contribution in [2.24, 2.45) is 0 Å². The molecule has 0 N–H and O–H groups in total. The largest absolute Gasteiger partial charge is 0.495 e. The van der Waals surface area contributed by atoms with Crippen LogP contribution in [0.15, 0.2) is 33.2 Å². The zero-order valence-corrected chi connectivity index (χ0v) is 13.3. The second-order valence-electron chi connectivity index (χ2n) is 3.71. The number of hydrogen-bond donors (Lipinski definition) is 0. The number of ether oxygens (including phenoxy) is 2. The molecular formula is C13H11BrCl2O3. The van der Waals surface area contributed by atoms with Gasteiger partial charge in [0.05, 0.1) is 14.2 Å². The van der Waals surface area contributed by atoms with E-state index in [4.69, 9.17) is 37.1 Å². The van der Waals surface area contributed by atoms with E-state index in [0.29, 0.717) is 27.0 Å². The third-order valence-electron chi connectivity index (χ3n) is 2.63. The molecule has 0 aliphatic rings. The van der Waals surface area contributed by atoms with Crippen LogP contribution >= 0.6 is 39.1 Å². The van der Waals surface area contributed by atoms with Gasteiger partial charge in [0.2, 0.25) is 0 Å². The minimum Gasteiger partial charge on any atom is -0.495 e. The Morgan fingerprint density at radius 3 is 2.42 bits per heavy atom. The maximum atomic E-state index is 6.40. The summed E-state index contributed by atoms with van der Waals surface area (Å²) in [5, 5.41) is -0.197. The lowest BCUT2D eigenvalue weighted by Gasteiger charge is -2.15. The van der Waals surface area contributed by atoms with Gasteiger partial charge in [0, 0.05) is 5.56 Å². The van der Waals surface area contributed by atoms with Crippen molar-refractivity contribution in [2.45, 2.75) is 5.38 Å². The highest BCUT2D eigenvalue weighted by Crippen LogP contribution is 2.43. The lowest BCUT2D eigenvalue weighted by Crippen LogP contribution is -1.99. The molecule has 0 spiro atoms. The molecule has 1 aromatic carbocycles. The van der Waals surface area contributed by atoms with E-state index < -0.39 is 5.38 Å². The molecule has 0 radical (unpaired) electrons. The van der Waals surface area contributed by atoms with Gasteiger partial charge in [-0.2, -0.15) is 0 Å². The van der Waals surface area contributed by atoms with Gasteiger partial charge in [-0.25, -0.2) is 0 Å². The van der Waals surface area contributed by atoms with Gasteiger partial charge in [-0.3, -0.25) is 0 Å². The zero-order chi connectivity index (χ0) is 14.0. The first kappa shape index (κ1) is 14.6. The highest BCUT2D eigenvalue weighted by molar-refractivity contribution is 9.10. The summed E-state index contributed by atoms with van der Waals surface area (Å²) in [6, 6.07) is 7.02. The molecule has 0 aliphatic carbocycles. The van der Waals surface area contributed by atoms with Crippen molar-refractivity contribution in [1.82, 2.24) is 0 Å². The van der Waals surface area contributed by atoms with E-state index >= 15 is 0 Å². The van der Waals surface area contributed by atoms with Crippen LogP contribution in [0.5, 0.6) is 11.5 Å². The highest BCUT2D eigenvalue weighted by atomic mass is 79.9. The fourth-order valence-electron chi connectivity index (χ4n) is 1.74. The molecule has 2 aromatic rings. The predicted molar refractivity (Wildman–Crippen MR) is 78.7 cm³/mol. The van der Waals surface area contributed by atoms with E-state index in [2.05, 4.69) is 15.9 Å². The van der Waals surface area contributed by atoms with Crippen LogP contribution in [-0.2, 0) is 0 Å². The van der Waals surface area contributed by atoms with E-state index in [-0.39, 0.29) is 0 Å². The number of hydrogen-bond acceptors (Lipinski definition) is 3. The number of alkyl halides is 1. The van der Waals surface area contributed by atoms with Gasteiger partial charge in [-0.05, 0) is 51.8 Å². The molecule has 0 saturated heterocycles. The molecular weight excluding hydrogens is 355 g/mol. The van der Waals surface area contributed by atoms with Gasteiger partial charge in [-0.15, -0.1) is 11.6 Å². The van der Waals surface area contributed by atoms with Gasteiger partial charge in [0.1, 0.15) is 27.1 Å². The van der Waals surface area contributed by atoms with Gasteiger partial charge in [0.15, 0.2) is 5.22 Å². The Morgan fingerprint density at radius 2 is 1.89 bits per heavy atom. The van der Waals surface area contributed by atoms with Gasteiger partial charge >= 0.3 is 0 Å². The molecule has 0 fully saturated rings. The third-order valence-corrected chi connectivity index (χ3v) is 4.04. The molecule has 1 unspecified atom stereocenters. The number of methoxy groups -OCH3 is 2. The summed E-state index contributed by atoms with van der Waals surface area (Å²) in [4.78, 5) is 0. The van der Waals surface area contributed by atoms with Crippen molar-refractivity contribution < 1.29 is 13.9 Å². The summed E-state index contributed by atoms with van der Waals surface area (Å²) in [6.45, 7) is 0. The number of halogens is 3. The van der Waals surface area contributed by atoms with E-state index in [1.165, 1.54) is 0 Å². The third kappa shape index (κ3) is 2.86. The van der Waals surface area contributed by atoms with Crippen LogP contribution in [0.3, 0.4) is 0 Å². The molecule has 1 heterocycles. The van der Waals surface area contributed by atoms with Gasteiger partial charge in [-0.1, -0.05) is 0 Å². The maximum Gasteiger partial charge on any atom is 0.193 e. The number of benzene rings is 1. The number of furan rings is 1. The Morgan fingerprint density at radius 1 is 1.16 bits per heavy atom. The minimum absolute atomic E-state index is 0.298. The molecule has 19 heavy (non-hydrogen) atoms. The fraction of sp³-hybridized carbons (Fsp3) is 0.231. The van der Waals surface area contributed by atoms with Crippen LogP contribution in [0.2, 0.25) is 5.22 Å². The summed E-state index contributed by atoms with van der Waals surface area (Å²) in [6.07, 6.45) is 0. The predicted octanol–water partition coefficient (Wildman–Crippen LogP) is 5.04. The summed E-state index contributed by atoms with van der Waals surface area (Å²) in [5.74, 6) is 1.83. The molecule has 2 rings (SSSR count). The summed E-state index contributed by atoms with van der Waals surface area (Å²) in [5.41, 5.74) is 0.767. The van der Waals surface area contributed by atoms with Gasteiger partial charge in [0.25, 0.3) is 0 Å². The fourth-order valence-corrected chi connectivity index (χ4v) is 2.86. The van der Waals surface area contributed by atoms with Gasteiger partial charge < -0.3 is 13.9 Å². The first-order valence-corrected chi connectivity index (χ1v) is 6.99. The van der Waals surface area contributed by atoms with E-state index in [1.54, 1.807) is 26.4 Å². The van der Waals surface area contributed by atoms with Crippen LogP contribution in [0.1, 0.15) is 16.7 Å². The normalized spacial score (nSPS) is 12.3. The van der Waals surface area contributed by atoms with Crippen LogP contribution in [-0.4, -0.2) is 14.2 Å². The minimum atomic E-state index is -0.496. The van der Waals surface area contributed by atoms with Crippen molar-refractivity contribution in [3.05, 3.63) is 45.3 Å². The average molecular weight is 366 g/mol. The Balaban J connectivity index is 2.47. The molecule has 3 nitrogen and oxygen atoms in total. The van der Waals surface area contributed by atoms with E-state index in [1.807, 2.05) is 12.1 Å². The lowest BCUT2D eigenvalue weighted by atomic mass is 10.1. The standard InChI is InChI=1S/C13H11BrCl2O3/c1-17-8-4-3-7(13(18-2)11(8)14)12(16)9-5-6-10(15)19-9/h3-6,12H,1-2H3. The molecule has 0 amide bonds. The second kappa shape index (κ2) is 6.07. The van der Waals surface area contributed by atoms with Crippen molar-refractivity contribution in [1.29, 1.82) is 0 Å². The topological polar surface area (TPSA) is 31.6 Å². The molecule has 0 bridgehead atoms. The molecule has 102 valence electrons. The summed E-state index contributed by atoms with van der Waals surface area (Å²) >= 11 is 15.6. The monoisotopic (exact) mass is 364 g/mol. The van der Waals surface area contributed by atoms with Crippen molar-refractivity contribution in [2.75, 3.05) is 14.2 Å². The highest BCUT2D eigenvalue weighted by Gasteiger charge is 2.22. The SMILES string of the molecule is COc1ccc(C(Cl)c2ccc(Cl)o2)c(OC)c1Br. The first-order chi connectivity index (χ1) is 9.08. The van der Waals surface area contributed by atoms with Crippen molar-refractivity contribution >= 4 is 39.1 Å². The Bertz CT molecular complexity index is 583. The zero-order valence-electron chi connectivity index (χ0n) is 10.2. The average Bonchev–Trinajstić information content (AvgIpc) is 2.84. The summed E-state index contributed by atoms with van der Waals surface area (Å²) in [7, 11) is 3.16. The maximum absolute atomic E-state index is 6.40. The second-order valence-corrected chi connectivity index (χ2v) is 5.31. The lowest BCUT2D eigenvalue weighted by molar-refractivity contribution is 0.385. The van der Waals surface area contributed by atoms with Crippen LogP contribution in [0.4, 0.5) is 0 Å². The first-order valence-electron chi connectivity index (χ1n) is 5.38.